The van der Waals surface area contributed by atoms with Gasteiger partial charge in [-0.1, -0.05) is 41.1 Å². The van der Waals surface area contributed by atoms with Gasteiger partial charge in [0.1, 0.15) is 19.2 Å². The number of ether oxygens (including phenoxy) is 3. The largest absolute Gasteiger partial charge is 0.465 e. The Bertz CT molecular complexity index is 658. The van der Waals surface area contributed by atoms with Crippen LogP contribution in [0.15, 0.2) is 30.3 Å². The van der Waals surface area contributed by atoms with E-state index in [-0.39, 0.29) is 25.5 Å². The van der Waals surface area contributed by atoms with Crippen LogP contribution in [0, 0.1) is 0 Å². The molecule has 0 fully saturated rings. The minimum absolute atomic E-state index is 0.0356. The molecule has 0 heterocycles. The van der Waals surface area contributed by atoms with E-state index in [4.69, 9.17) is 9.47 Å². The molecule has 1 aromatic rings. The number of hydrogen-bond acceptors (Lipinski definition) is 9. The van der Waals surface area contributed by atoms with E-state index in [1.807, 2.05) is 18.2 Å². The van der Waals surface area contributed by atoms with E-state index in [0.717, 1.165) is 27.2 Å². The average Bonchev–Trinajstić information content (AvgIpc) is 2.70. The number of rotatable bonds is 10. The minimum Gasteiger partial charge on any atom is -0.465 e. The maximum absolute atomic E-state index is 12.3. The minimum atomic E-state index is -1.03. The molecule has 2 N–H and O–H groups in total. The third kappa shape index (κ3) is 10.1. The Morgan fingerprint density at radius 1 is 1.11 bits per heavy atom. The van der Waals surface area contributed by atoms with Crippen LogP contribution in [0.5, 0.6) is 0 Å². The lowest BCUT2D eigenvalue weighted by molar-refractivity contribution is -0.143. The molecule has 9 nitrogen and oxygen atoms in total. The van der Waals surface area contributed by atoms with Gasteiger partial charge >= 0.3 is 17.4 Å². The first-order valence-corrected chi connectivity index (χ1v) is 10.6. The van der Waals surface area contributed by atoms with E-state index in [1.165, 1.54) is 7.11 Å². The first kappa shape index (κ1) is 23.6. The molecule has 0 saturated carbocycles. The second-order valence-electron chi connectivity index (χ2n) is 5.10. The van der Waals surface area contributed by atoms with Gasteiger partial charge in [-0.25, -0.2) is 9.59 Å². The van der Waals surface area contributed by atoms with E-state index >= 15 is 0 Å². The number of benzene rings is 1. The van der Waals surface area contributed by atoms with Gasteiger partial charge in [0.15, 0.2) is 0 Å². The summed E-state index contributed by atoms with van der Waals surface area (Å²) in [4.78, 5) is 46.8. The molecular formula is C17H22N2O7S2. The molecule has 154 valence electrons. The molecule has 28 heavy (non-hydrogen) atoms. The first-order valence-electron chi connectivity index (χ1n) is 8.24. The summed E-state index contributed by atoms with van der Waals surface area (Å²) in [5.74, 6) is -1.16. The SMILES string of the molecule is CCOC(=O)CNC(=O)[C@H](CSSC(=O)OC)NC(=O)OCc1ccccc1. The topological polar surface area (TPSA) is 120 Å². The Balaban J connectivity index is 2.56. The summed E-state index contributed by atoms with van der Waals surface area (Å²) < 4.78 is 14.3. The molecule has 0 bridgehead atoms. The van der Waals surface area contributed by atoms with Crippen LogP contribution in [0.1, 0.15) is 12.5 Å². The molecule has 0 spiro atoms. The number of carbonyl (C=O) groups is 4. The summed E-state index contributed by atoms with van der Waals surface area (Å²) >= 11 is 0. The molecule has 2 amide bonds. The summed E-state index contributed by atoms with van der Waals surface area (Å²) in [5.41, 5.74) is 0.789. The van der Waals surface area contributed by atoms with Crippen LogP contribution < -0.4 is 10.6 Å². The Labute approximate surface area is 170 Å². The molecule has 11 heteroatoms. The summed E-state index contributed by atoms with van der Waals surface area (Å²) in [5, 5.41) is 4.26. The van der Waals surface area contributed by atoms with Crippen molar-refractivity contribution in [3.8, 4) is 0 Å². The lowest BCUT2D eigenvalue weighted by Crippen LogP contribution is -2.49. The van der Waals surface area contributed by atoms with Crippen molar-refractivity contribution in [3.63, 3.8) is 0 Å². The van der Waals surface area contributed by atoms with Crippen molar-refractivity contribution in [1.29, 1.82) is 0 Å². The van der Waals surface area contributed by atoms with Crippen LogP contribution in [0.25, 0.3) is 0 Å². The van der Waals surface area contributed by atoms with Crippen molar-refractivity contribution in [2.75, 3.05) is 26.0 Å². The molecule has 0 aliphatic rings. The van der Waals surface area contributed by atoms with Crippen molar-refractivity contribution in [3.05, 3.63) is 35.9 Å². The average molecular weight is 431 g/mol. The molecule has 0 unspecified atom stereocenters. The van der Waals surface area contributed by atoms with Gasteiger partial charge in [0.2, 0.25) is 5.91 Å². The molecule has 0 aromatic heterocycles. The number of esters is 1. The molecular weight excluding hydrogens is 408 g/mol. The fourth-order valence-corrected chi connectivity index (χ4v) is 3.48. The number of hydrogen-bond donors (Lipinski definition) is 2. The smallest absolute Gasteiger partial charge is 0.408 e. The maximum atomic E-state index is 12.3. The molecule has 0 saturated heterocycles. The number of amides is 2. The van der Waals surface area contributed by atoms with E-state index in [0.29, 0.717) is 0 Å². The molecule has 1 aromatic carbocycles. The highest BCUT2D eigenvalue weighted by atomic mass is 33.1. The van der Waals surface area contributed by atoms with Gasteiger partial charge in [-0.15, -0.1) is 0 Å². The number of alkyl carbamates (subject to hydrolysis) is 1. The molecule has 0 aliphatic carbocycles. The van der Waals surface area contributed by atoms with Crippen LogP contribution in [-0.2, 0) is 30.4 Å². The van der Waals surface area contributed by atoms with E-state index in [9.17, 15) is 19.2 Å². The zero-order valence-electron chi connectivity index (χ0n) is 15.5. The fourth-order valence-electron chi connectivity index (χ4n) is 1.77. The Kier molecular flexibility index (Phi) is 11.6. The van der Waals surface area contributed by atoms with Crippen molar-refractivity contribution in [2.45, 2.75) is 19.6 Å². The predicted octanol–water partition coefficient (Wildman–Crippen LogP) is 2.11. The van der Waals surface area contributed by atoms with Crippen molar-refractivity contribution >= 4 is 44.9 Å². The van der Waals surface area contributed by atoms with Crippen LogP contribution in [-0.4, -0.2) is 55.3 Å². The predicted molar refractivity (Wildman–Crippen MR) is 106 cm³/mol. The third-order valence-corrected chi connectivity index (χ3v) is 5.12. The van der Waals surface area contributed by atoms with Gasteiger partial charge in [0.25, 0.3) is 0 Å². The maximum Gasteiger partial charge on any atom is 0.408 e. The number of methoxy groups -OCH3 is 1. The van der Waals surface area contributed by atoms with Crippen molar-refractivity contribution in [2.24, 2.45) is 0 Å². The molecule has 1 atom stereocenters. The van der Waals surface area contributed by atoms with Gasteiger partial charge in [0, 0.05) is 16.5 Å². The van der Waals surface area contributed by atoms with Crippen LogP contribution in [0.4, 0.5) is 9.59 Å². The third-order valence-electron chi connectivity index (χ3n) is 3.06. The van der Waals surface area contributed by atoms with Crippen LogP contribution >= 0.6 is 21.6 Å². The fraction of sp³-hybridized carbons (Fsp3) is 0.412. The zero-order valence-corrected chi connectivity index (χ0v) is 17.1. The van der Waals surface area contributed by atoms with E-state index in [2.05, 4.69) is 15.4 Å². The highest BCUT2D eigenvalue weighted by Crippen LogP contribution is 2.24. The Morgan fingerprint density at radius 2 is 1.82 bits per heavy atom. The van der Waals surface area contributed by atoms with E-state index < -0.39 is 29.3 Å². The quantitative estimate of drug-likeness (QED) is 0.327. The lowest BCUT2D eigenvalue weighted by atomic mass is 10.2. The second-order valence-corrected chi connectivity index (χ2v) is 7.38. The van der Waals surface area contributed by atoms with Gasteiger partial charge < -0.3 is 24.8 Å². The zero-order chi connectivity index (χ0) is 20.8. The van der Waals surface area contributed by atoms with Gasteiger partial charge in [-0.3, -0.25) is 9.59 Å². The van der Waals surface area contributed by atoms with E-state index in [1.54, 1.807) is 19.1 Å². The summed E-state index contributed by atoms with van der Waals surface area (Å²) in [6.45, 7) is 1.54. The normalized spacial score (nSPS) is 11.1. The standard InChI is InChI=1S/C17H22N2O7S2/c1-3-25-14(20)9-18-15(21)13(11-27-28-17(23)24-2)19-16(22)26-10-12-7-5-4-6-8-12/h4-8,13H,3,9-11H2,1-2H3,(H,18,21)(H,19,22)/t13-/m0/s1. The summed E-state index contributed by atoms with van der Waals surface area (Å²) in [7, 11) is 3.04. The van der Waals surface area contributed by atoms with Gasteiger partial charge in [0.05, 0.1) is 13.7 Å². The molecule has 0 aliphatic heterocycles. The first-order chi connectivity index (χ1) is 13.5. The Hall–Kier alpha value is -2.40. The summed E-state index contributed by atoms with van der Waals surface area (Å²) in [6.07, 6.45) is -0.802. The summed E-state index contributed by atoms with van der Waals surface area (Å²) in [6, 6.07) is 8.01. The van der Waals surface area contributed by atoms with Crippen LogP contribution in [0.3, 0.4) is 0 Å². The van der Waals surface area contributed by atoms with Gasteiger partial charge in [-0.2, -0.15) is 0 Å². The highest BCUT2D eigenvalue weighted by Gasteiger charge is 2.23. The number of carbonyl (C=O) groups excluding carboxylic acids is 4. The van der Waals surface area contributed by atoms with Crippen LogP contribution in [0.2, 0.25) is 0 Å². The molecule has 1 rings (SSSR count). The van der Waals surface area contributed by atoms with Gasteiger partial charge in [-0.05, 0) is 12.5 Å². The van der Waals surface area contributed by atoms with Crippen molar-refractivity contribution < 1.29 is 33.4 Å². The molecule has 0 radical (unpaired) electrons. The number of nitrogens with one attached hydrogen (secondary N) is 2. The highest BCUT2D eigenvalue weighted by molar-refractivity contribution is 8.82. The lowest BCUT2D eigenvalue weighted by Gasteiger charge is -2.17. The Morgan fingerprint density at radius 3 is 2.46 bits per heavy atom. The second kappa shape index (κ2) is 13.7. The monoisotopic (exact) mass is 430 g/mol. The van der Waals surface area contributed by atoms with Crippen molar-refractivity contribution in [1.82, 2.24) is 10.6 Å².